The molecule has 0 radical (unpaired) electrons. The molecule has 17 heavy (non-hydrogen) atoms. The molecule has 1 aliphatic rings. The zero-order chi connectivity index (χ0) is 12.4. The van der Waals surface area contributed by atoms with E-state index in [4.69, 9.17) is 38.4 Å². The molecule has 1 aromatic carbocycles. The van der Waals surface area contributed by atoms with Crippen molar-refractivity contribution in [2.75, 3.05) is 6.61 Å². The van der Waals surface area contributed by atoms with Crippen LogP contribution >= 0.6 is 23.2 Å². The standard InChI is InChI=1S/C12H15Cl2NO2/c1-2-16-12-9(15)6-10(12)17-11-7(13)4-3-5-8(11)14/h3-5,9-10,12H,2,6,15H2,1H3. The van der Waals surface area contributed by atoms with Crippen molar-refractivity contribution in [1.82, 2.24) is 0 Å². The van der Waals surface area contributed by atoms with E-state index in [0.717, 1.165) is 6.42 Å². The summed E-state index contributed by atoms with van der Waals surface area (Å²) in [5.74, 6) is 0.512. The van der Waals surface area contributed by atoms with E-state index in [0.29, 0.717) is 22.4 Å². The van der Waals surface area contributed by atoms with Gasteiger partial charge in [-0.1, -0.05) is 29.3 Å². The lowest BCUT2D eigenvalue weighted by molar-refractivity contribution is -0.0944. The zero-order valence-corrected chi connectivity index (χ0v) is 11.0. The zero-order valence-electron chi connectivity index (χ0n) is 9.53. The second kappa shape index (κ2) is 5.44. The summed E-state index contributed by atoms with van der Waals surface area (Å²) in [5, 5.41) is 1.02. The molecule has 2 N–H and O–H groups in total. The van der Waals surface area contributed by atoms with Crippen LogP contribution in [0.1, 0.15) is 13.3 Å². The van der Waals surface area contributed by atoms with Crippen LogP contribution < -0.4 is 10.5 Å². The number of hydrogen-bond donors (Lipinski definition) is 1. The maximum absolute atomic E-state index is 6.03. The third kappa shape index (κ3) is 2.68. The Hall–Kier alpha value is -0.480. The SMILES string of the molecule is CCOC1C(N)CC1Oc1c(Cl)cccc1Cl. The molecule has 3 atom stereocenters. The van der Waals surface area contributed by atoms with Crippen LogP contribution in [0.3, 0.4) is 0 Å². The average molecular weight is 276 g/mol. The molecule has 5 heteroatoms. The third-order valence-electron chi connectivity index (χ3n) is 2.84. The number of para-hydroxylation sites is 1. The van der Waals surface area contributed by atoms with E-state index in [1.807, 2.05) is 6.92 Å². The van der Waals surface area contributed by atoms with Crippen LogP contribution in [-0.2, 0) is 4.74 Å². The fourth-order valence-electron chi connectivity index (χ4n) is 1.90. The minimum absolute atomic E-state index is 0.0289. The summed E-state index contributed by atoms with van der Waals surface area (Å²) < 4.78 is 11.3. The smallest absolute Gasteiger partial charge is 0.157 e. The second-order valence-corrected chi connectivity index (χ2v) is 4.84. The number of hydrogen-bond acceptors (Lipinski definition) is 3. The van der Waals surface area contributed by atoms with Crippen LogP contribution in [0.15, 0.2) is 18.2 Å². The first-order valence-corrected chi connectivity index (χ1v) is 6.37. The Balaban J connectivity index is 2.06. The number of nitrogens with two attached hydrogens (primary N) is 1. The topological polar surface area (TPSA) is 44.5 Å². The van der Waals surface area contributed by atoms with Crippen LogP contribution in [0, 0.1) is 0 Å². The molecule has 0 saturated heterocycles. The van der Waals surface area contributed by atoms with E-state index in [1.54, 1.807) is 18.2 Å². The molecule has 0 spiro atoms. The Bertz CT molecular complexity index is 380. The van der Waals surface area contributed by atoms with Gasteiger partial charge in [-0.2, -0.15) is 0 Å². The summed E-state index contributed by atoms with van der Waals surface area (Å²) in [5.41, 5.74) is 5.86. The summed E-state index contributed by atoms with van der Waals surface area (Å²) in [6.07, 6.45) is 0.612. The highest BCUT2D eigenvalue weighted by Gasteiger charge is 2.41. The molecular formula is C12H15Cl2NO2. The van der Waals surface area contributed by atoms with Crippen molar-refractivity contribution in [2.45, 2.75) is 31.6 Å². The van der Waals surface area contributed by atoms with Gasteiger partial charge in [-0.15, -0.1) is 0 Å². The van der Waals surface area contributed by atoms with Crippen molar-refractivity contribution in [2.24, 2.45) is 5.73 Å². The van der Waals surface area contributed by atoms with Crippen molar-refractivity contribution in [3.63, 3.8) is 0 Å². The highest BCUT2D eigenvalue weighted by atomic mass is 35.5. The molecule has 1 fully saturated rings. The minimum Gasteiger partial charge on any atom is -0.484 e. The van der Waals surface area contributed by atoms with Crippen LogP contribution in [0.2, 0.25) is 10.0 Å². The third-order valence-corrected chi connectivity index (χ3v) is 3.44. The molecule has 3 nitrogen and oxygen atoms in total. The lowest BCUT2D eigenvalue weighted by Gasteiger charge is -2.41. The van der Waals surface area contributed by atoms with Gasteiger partial charge in [0.1, 0.15) is 12.2 Å². The normalized spacial score (nSPS) is 27.6. The molecule has 0 aromatic heterocycles. The van der Waals surface area contributed by atoms with E-state index < -0.39 is 0 Å². The molecule has 1 aromatic rings. The van der Waals surface area contributed by atoms with E-state index in [2.05, 4.69) is 0 Å². The predicted molar refractivity (Wildman–Crippen MR) is 68.9 cm³/mol. The monoisotopic (exact) mass is 275 g/mol. The maximum Gasteiger partial charge on any atom is 0.157 e. The van der Waals surface area contributed by atoms with Crippen LogP contribution in [0.5, 0.6) is 5.75 Å². The predicted octanol–water partition coefficient (Wildman–Crippen LogP) is 2.88. The Kier molecular flexibility index (Phi) is 4.15. The summed E-state index contributed by atoms with van der Waals surface area (Å²) in [6, 6.07) is 5.30. The first-order chi connectivity index (χ1) is 8.13. The Labute approximate surface area is 111 Å². The number of halogens is 2. The maximum atomic E-state index is 6.03. The number of ether oxygens (including phenoxy) is 2. The van der Waals surface area contributed by atoms with Gasteiger partial charge in [0.15, 0.2) is 5.75 Å². The molecule has 1 aliphatic carbocycles. The van der Waals surface area contributed by atoms with E-state index >= 15 is 0 Å². The molecule has 2 rings (SSSR count). The lowest BCUT2D eigenvalue weighted by Crippen LogP contribution is -2.59. The van der Waals surface area contributed by atoms with Crippen LogP contribution in [0.4, 0.5) is 0 Å². The van der Waals surface area contributed by atoms with Gasteiger partial charge in [-0.05, 0) is 19.1 Å². The van der Waals surface area contributed by atoms with Crippen molar-refractivity contribution in [3.05, 3.63) is 28.2 Å². The Morgan fingerprint density at radius 1 is 1.35 bits per heavy atom. The Morgan fingerprint density at radius 3 is 2.53 bits per heavy atom. The van der Waals surface area contributed by atoms with Crippen molar-refractivity contribution in [1.29, 1.82) is 0 Å². The van der Waals surface area contributed by atoms with E-state index in [-0.39, 0.29) is 18.2 Å². The first-order valence-electron chi connectivity index (χ1n) is 5.61. The van der Waals surface area contributed by atoms with Gasteiger partial charge in [0.2, 0.25) is 0 Å². The van der Waals surface area contributed by atoms with Gasteiger partial charge in [0, 0.05) is 19.1 Å². The molecule has 0 heterocycles. The molecule has 94 valence electrons. The number of rotatable bonds is 4. The van der Waals surface area contributed by atoms with Crippen molar-refractivity contribution >= 4 is 23.2 Å². The summed E-state index contributed by atoms with van der Waals surface area (Å²) in [7, 11) is 0. The molecule has 0 bridgehead atoms. The first kappa shape index (κ1) is 13.0. The van der Waals surface area contributed by atoms with Gasteiger partial charge in [-0.3, -0.25) is 0 Å². The molecule has 0 amide bonds. The fourth-order valence-corrected chi connectivity index (χ4v) is 2.39. The van der Waals surface area contributed by atoms with Gasteiger partial charge >= 0.3 is 0 Å². The summed E-state index contributed by atoms with van der Waals surface area (Å²) in [6.45, 7) is 2.55. The van der Waals surface area contributed by atoms with Gasteiger partial charge in [0.05, 0.1) is 10.0 Å². The van der Waals surface area contributed by atoms with Crippen LogP contribution in [-0.4, -0.2) is 24.9 Å². The van der Waals surface area contributed by atoms with Gasteiger partial charge in [-0.25, -0.2) is 0 Å². The lowest BCUT2D eigenvalue weighted by atomic mass is 9.86. The quantitative estimate of drug-likeness (QED) is 0.919. The summed E-state index contributed by atoms with van der Waals surface area (Å²) >= 11 is 12.1. The average Bonchev–Trinajstić information content (AvgIpc) is 2.29. The van der Waals surface area contributed by atoms with Gasteiger partial charge in [0.25, 0.3) is 0 Å². The van der Waals surface area contributed by atoms with E-state index in [9.17, 15) is 0 Å². The number of benzene rings is 1. The van der Waals surface area contributed by atoms with Crippen LogP contribution in [0.25, 0.3) is 0 Å². The molecule has 3 unspecified atom stereocenters. The minimum atomic E-state index is -0.0765. The Morgan fingerprint density at radius 2 is 2.00 bits per heavy atom. The molecule has 0 aliphatic heterocycles. The van der Waals surface area contributed by atoms with Crippen molar-refractivity contribution in [3.8, 4) is 5.75 Å². The highest BCUT2D eigenvalue weighted by molar-refractivity contribution is 6.37. The highest BCUT2D eigenvalue weighted by Crippen LogP contribution is 2.36. The van der Waals surface area contributed by atoms with E-state index in [1.165, 1.54) is 0 Å². The second-order valence-electron chi connectivity index (χ2n) is 4.03. The van der Waals surface area contributed by atoms with Gasteiger partial charge < -0.3 is 15.2 Å². The van der Waals surface area contributed by atoms with Crippen molar-refractivity contribution < 1.29 is 9.47 Å². The fraction of sp³-hybridized carbons (Fsp3) is 0.500. The molecular weight excluding hydrogens is 261 g/mol. The summed E-state index contributed by atoms with van der Waals surface area (Å²) in [4.78, 5) is 0. The largest absolute Gasteiger partial charge is 0.484 e. The molecule has 1 saturated carbocycles.